The average molecular weight is 212 g/mol. The minimum absolute atomic E-state index is 0.0881. The van der Waals surface area contributed by atoms with Gasteiger partial charge in [0.15, 0.2) is 6.23 Å². The van der Waals surface area contributed by atoms with Gasteiger partial charge in [-0.15, -0.1) is 0 Å². The summed E-state index contributed by atoms with van der Waals surface area (Å²) in [6.45, 7) is 0.645. The van der Waals surface area contributed by atoms with Gasteiger partial charge in [-0.3, -0.25) is 9.69 Å². The van der Waals surface area contributed by atoms with Gasteiger partial charge < -0.3 is 9.64 Å². The Labute approximate surface area is 89.0 Å². The fraction of sp³-hybridized carbons (Fsp3) is 0.800. The molecule has 2 amide bonds. The van der Waals surface area contributed by atoms with Crippen molar-refractivity contribution in [2.75, 3.05) is 20.6 Å². The molecule has 2 rings (SSSR count). The molecule has 1 aliphatic heterocycles. The molecule has 0 aromatic rings. The first kappa shape index (κ1) is 10.3. The fourth-order valence-electron chi connectivity index (χ4n) is 1.67. The molecule has 0 bridgehead atoms. The third-order valence-corrected chi connectivity index (χ3v) is 2.93. The monoisotopic (exact) mass is 212 g/mol. The van der Waals surface area contributed by atoms with Crippen LogP contribution in [-0.4, -0.2) is 48.7 Å². The highest BCUT2D eigenvalue weighted by Gasteiger charge is 2.36. The van der Waals surface area contributed by atoms with E-state index in [1.807, 2.05) is 0 Å². The lowest BCUT2D eigenvalue weighted by Gasteiger charge is -2.36. The lowest BCUT2D eigenvalue weighted by atomic mass is 10.3. The predicted octanol–water partition coefficient (Wildman–Crippen LogP) is 0.653. The average Bonchev–Trinajstić information content (AvgIpc) is 3.02. The van der Waals surface area contributed by atoms with Crippen LogP contribution in [0, 0.1) is 5.92 Å². The van der Waals surface area contributed by atoms with Crippen LogP contribution >= 0.6 is 0 Å². The maximum atomic E-state index is 11.6. The van der Waals surface area contributed by atoms with Crippen molar-refractivity contribution < 1.29 is 14.3 Å². The summed E-state index contributed by atoms with van der Waals surface area (Å²) in [5, 5.41) is 0. The van der Waals surface area contributed by atoms with E-state index in [0.717, 1.165) is 12.8 Å². The van der Waals surface area contributed by atoms with Crippen LogP contribution in [0.5, 0.6) is 0 Å². The molecule has 5 heteroatoms. The Balaban J connectivity index is 1.91. The van der Waals surface area contributed by atoms with E-state index in [-0.39, 0.29) is 24.1 Å². The predicted molar refractivity (Wildman–Crippen MR) is 53.0 cm³/mol. The number of hydrogen-bond acceptors (Lipinski definition) is 3. The van der Waals surface area contributed by atoms with Crippen molar-refractivity contribution in [3.63, 3.8) is 0 Å². The second-order valence-corrected chi connectivity index (χ2v) is 4.27. The van der Waals surface area contributed by atoms with Crippen molar-refractivity contribution in [3.05, 3.63) is 0 Å². The van der Waals surface area contributed by atoms with Crippen LogP contribution in [0.4, 0.5) is 4.79 Å². The van der Waals surface area contributed by atoms with Crippen molar-refractivity contribution in [2.24, 2.45) is 5.92 Å². The minimum Gasteiger partial charge on any atom is -0.441 e. The second-order valence-electron chi connectivity index (χ2n) is 4.27. The SMILES string of the molecule is CN1CCC(OC(=O)C2CC2)N(C)C1=O. The van der Waals surface area contributed by atoms with Crippen LogP contribution in [0.2, 0.25) is 0 Å². The number of nitrogens with zero attached hydrogens (tertiary/aromatic N) is 2. The summed E-state index contributed by atoms with van der Waals surface area (Å²) >= 11 is 0. The fourth-order valence-corrected chi connectivity index (χ4v) is 1.67. The molecule has 1 heterocycles. The summed E-state index contributed by atoms with van der Waals surface area (Å²) in [5.74, 6) is -0.0580. The molecule has 1 aliphatic carbocycles. The van der Waals surface area contributed by atoms with E-state index in [2.05, 4.69) is 0 Å². The quantitative estimate of drug-likeness (QED) is 0.631. The van der Waals surface area contributed by atoms with Crippen LogP contribution in [-0.2, 0) is 9.53 Å². The molecule has 1 saturated heterocycles. The molecule has 1 atom stereocenters. The van der Waals surface area contributed by atoms with Crippen molar-refractivity contribution in [3.8, 4) is 0 Å². The van der Waals surface area contributed by atoms with Gasteiger partial charge >= 0.3 is 12.0 Å². The van der Waals surface area contributed by atoms with Crippen molar-refractivity contribution in [1.82, 2.24) is 9.80 Å². The van der Waals surface area contributed by atoms with E-state index in [1.54, 1.807) is 19.0 Å². The Kier molecular flexibility index (Phi) is 2.54. The van der Waals surface area contributed by atoms with Crippen molar-refractivity contribution in [2.45, 2.75) is 25.5 Å². The third kappa shape index (κ3) is 2.06. The highest BCUT2D eigenvalue weighted by atomic mass is 16.6. The molecule has 0 spiro atoms. The molecule has 15 heavy (non-hydrogen) atoms. The summed E-state index contributed by atoms with van der Waals surface area (Å²) in [7, 11) is 3.42. The Morgan fingerprint density at radius 2 is 2.00 bits per heavy atom. The van der Waals surface area contributed by atoms with Crippen LogP contribution < -0.4 is 0 Å². The zero-order valence-electron chi connectivity index (χ0n) is 9.10. The van der Waals surface area contributed by atoms with E-state index in [1.165, 1.54) is 4.90 Å². The van der Waals surface area contributed by atoms with Crippen molar-refractivity contribution >= 4 is 12.0 Å². The van der Waals surface area contributed by atoms with Gasteiger partial charge in [-0.05, 0) is 12.8 Å². The minimum atomic E-state index is -0.373. The Bertz CT molecular complexity index is 288. The lowest BCUT2D eigenvalue weighted by molar-refractivity contribution is -0.159. The van der Waals surface area contributed by atoms with Gasteiger partial charge in [0.2, 0.25) is 0 Å². The summed E-state index contributed by atoms with van der Waals surface area (Å²) in [6, 6.07) is -0.0881. The molecule has 84 valence electrons. The summed E-state index contributed by atoms with van der Waals surface area (Å²) < 4.78 is 5.29. The molecule has 2 fully saturated rings. The number of carbonyl (C=O) groups excluding carboxylic acids is 2. The first-order valence-electron chi connectivity index (χ1n) is 5.28. The third-order valence-electron chi connectivity index (χ3n) is 2.93. The number of hydrogen-bond donors (Lipinski definition) is 0. The summed E-state index contributed by atoms with van der Waals surface area (Å²) in [6.07, 6.45) is 2.19. The topological polar surface area (TPSA) is 49.9 Å². The first-order valence-corrected chi connectivity index (χ1v) is 5.28. The van der Waals surface area contributed by atoms with Crippen LogP contribution in [0.1, 0.15) is 19.3 Å². The first-order chi connectivity index (χ1) is 7.09. The number of esters is 1. The van der Waals surface area contributed by atoms with Gasteiger partial charge in [-0.2, -0.15) is 0 Å². The van der Waals surface area contributed by atoms with E-state index in [9.17, 15) is 9.59 Å². The molecule has 1 unspecified atom stereocenters. The molecular formula is C10H16N2O3. The molecule has 2 aliphatic rings. The summed E-state index contributed by atoms with van der Waals surface area (Å²) in [5.41, 5.74) is 0. The van der Waals surface area contributed by atoms with Crippen molar-refractivity contribution in [1.29, 1.82) is 0 Å². The normalized spacial score (nSPS) is 26.8. The highest BCUT2D eigenvalue weighted by Crippen LogP contribution is 2.31. The molecule has 0 radical (unpaired) electrons. The van der Waals surface area contributed by atoms with Gasteiger partial charge in [0.1, 0.15) is 0 Å². The zero-order valence-corrected chi connectivity index (χ0v) is 9.10. The van der Waals surface area contributed by atoms with Gasteiger partial charge in [0.05, 0.1) is 5.92 Å². The summed E-state index contributed by atoms with van der Waals surface area (Å²) in [4.78, 5) is 26.1. The number of carbonyl (C=O) groups is 2. The zero-order chi connectivity index (χ0) is 11.0. The maximum absolute atomic E-state index is 11.6. The van der Waals surface area contributed by atoms with Crippen LogP contribution in [0.3, 0.4) is 0 Å². The standard InChI is InChI=1S/C10H16N2O3/c1-11-6-5-8(12(2)10(11)14)15-9(13)7-3-4-7/h7-8H,3-6H2,1-2H3. The highest BCUT2D eigenvalue weighted by molar-refractivity contribution is 5.77. The van der Waals surface area contributed by atoms with E-state index < -0.39 is 0 Å². The van der Waals surface area contributed by atoms with E-state index in [4.69, 9.17) is 4.74 Å². The van der Waals surface area contributed by atoms with E-state index >= 15 is 0 Å². The molecule has 1 saturated carbocycles. The van der Waals surface area contributed by atoms with E-state index in [0.29, 0.717) is 13.0 Å². The van der Waals surface area contributed by atoms with Gasteiger partial charge in [0.25, 0.3) is 0 Å². The Hall–Kier alpha value is -1.26. The molecule has 5 nitrogen and oxygen atoms in total. The number of rotatable bonds is 2. The number of amides is 2. The molecular weight excluding hydrogens is 196 g/mol. The molecule has 0 N–H and O–H groups in total. The van der Waals surface area contributed by atoms with Crippen LogP contribution in [0.25, 0.3) is 0 Å². The number of ether oxygens (including phenoxy) is 1. The maximum Gasteiger partial charge on any atom is 0.322 e. The van der Waals surface area contributed by atoms with Gasteiger partial charge in [-0.25, -0.2) is 4.79 Å². The smallest absolute Gasteiger partial charge is 0.322 e. The number of urea groups is 1. The van der Waals surface area contributed by atoms with Gasteiger partial charge in [0, 0.05) is 27.1 Å². The molecule has 0 aromatic carbocycles. The molecule has 0 aromatic heterocycles. The Morgan fingerprint density at radius 3 is 2.60 bits per heavy atom. The van der Waals surface area contributed by atoms with Gasteiger partial charge in [-0.1, -0.05) is 0 Å². The lowest BCUT2D eigenvalue weighted by Crippen LogP contribution is -2.52. The largest absolute Gasteiger partial charge is 0.441 e. The Morgan fingerprint density at radius 1 is 1.33 bits per heavy atom. The van der Waals surface area contributed by atoms with Crippen LogP contribution in [0.15, 0.2) is 0 Å². The second kappa shape index (κ2) is 3.72.